The summed E-state index contributed by atoms with van der Waals surface area (Å²) < 4.78 is 11.8. The smallest absolute Gasteiger partial charge is 0.225 e. The molecule has 0 bridgehead atoms. The lowest BCUT2D eigenvalue weighted by Crippen LogP contribution is -2.45. The second-order valence-corrected chi connectivity index (χ2v) is 7.13. The number of fused-ring (bicyclic) bond motifs is 2. The van der Waals surface area contributed by atoms with Gasteiger partial charge < -0.3 is 25.4 Å². The van der Waals surface area contributed by atoms with Crippen LogP contribution in [0.5, 0.6) is 11.5 Å². The Morgan fingerprint density at radius 3 is 2.73 bits per heavy atom. The predicted octanol–water partition coefficient (Wildman–Crippen LogP) is 3.13. The molecule has 2 aromatic rings. The maximum atomic E-state index is 12.0. The summed E-state index contributed by atoms with van der Waals surface area (Å²) in [4.78, 5) is 16.7. The monoisotopic (exact) mass is 522 g/mol. The zero-order valence-electron chi connectivity index (χ0n) is 16.9. The molecule has 8 heteroatoms. The van der Waals surface area contributed by atoms with Gasteiger partial charge in [-0.1, -0.05) is 30.3 Å². The summed E-state index contributed by atoms with van der Waals surface area (Å²) in [5, 5.41) is 9.52. The van der Waals surface area contributed by atoms with Crippen LogP contribution in [0.15, 0.2) is 53.5 Å². The molecule has 0 fully saturated rings. The summed E-state index contributed by atoms with van der Waals surface area (Å²) in [5.74, 6) is 2.35. The van der Waals surface area contributed by atoms with E-state index in [0.717, 1.165) is 29.3 Å². The van der Waals surface area contributed by atoms with Crippen LogP contribution in [0.4, 0.5) is 5.69 Å². The first-order chi connectivity index (χ1) is 14.2. The summed E-state index contributed by atoms with van der Waals surface area (Å²) in [6, 6.07) is 15.6. The molecule has 0 saturated carbocycles. The van der Waals surface area contributed by atoms with E-state index in [1.165, 1.54) is 0 Å². The number of carbonyl (C=O) groups is 1. The first-order valence-corrected chi connectivity index (χ1v) is 10.0. The highest BCUT2D eigenvalue weighted by Gasteiger charge is 2.25. The molecule has 160 valence electrons. The number of amides is 1. The molecule has 0 radical (unpaired) electrons. The molecular formula is C22H27IN4O3. The Labute approximate surface area is 193 Å². The zero-order chi connectivity index (χ0) is 20.1. The molecule has 2 atom stereocenters. The van der Waals surface area contributed by atoms with Gasteiger partial charge in [-0.25, -0.2) is 0 Å². The van der Waals surface area contributed by atoms with Crippen LogP contribution in [0.25, 0.3) is 0 Å². The highest BCUT2D eigenvalue weighted by molar-refractivity contribution is 14.0. The second kappa shape index (κ2) is 10.5. The summed E-state index contributed by atoms with van der Waals surface area (Å²) in [7, 11) is 0. The number of nitrogens with one attached hydrogen (secondary N) is 3. The van der Waals surface area contributed by atoms with Gasteiger partial charge >= 0.3 is 0 Å². The van der Waals surface area contributed by atoms with Crippen molar-refractivity contribution in [1.82, 2.24) is 10.6 Å². The zero-order valence-corrected chi connectivity index (χ0v) is 19.2. The number of carbonyl (C=O) groups excluding carboxylic acids is 1. The highest BCUT2D eigenvalue weighted by atomic mass is 127. The van der Waals surface area contributed by atoms with Gasteiger partial charge in [0.1, 0.15) is 12.7 Å². The lowest BCUT2D eigenvalue weighted by molar-refractivity contribution is -0.116. The van der Waals surface area contributed by atoms with Gasteiger partial charge in [0.15, 0.2) is 17.5 Å². The molecule has 3 N–H and O–H groups in total. The fourth-order valence-electron chi connectivity index (χ4n) is 3.58. The first kappa shape index (κ1) is 22.2. The molecule has 2 aliphatic heterocycles. The SMILES string of the molecule is CCNC(=NCC1CC(=O)Nc2ccccc21)NCC1COc2ccccc2O1.I. The van der Waals surface area contributed by atoms with E-state index in [0.29, 0.717) is 32.1 Å². The number of benzene rings is 2. The average Bonchev–Trinajstić information content (AvgIpc) is 2.75. The number of halogens is 1. The Bertz CT molecular complexity index is 905. The van der Waals surface area contributed by atoms with E-state index in [2.05, 4.69) is 22.0 Å². The van der Waals surface area contributed by atoms with Gasteiger partial charge in [-0.2, -0.15) is 0 Å². The van der Waals surface area contributed by atoms with E-state index in [1.54, 1.807) is 0 Å². The molecule has 1 amide bonds. The lowest BCUT2D eigenvalue weighted by atomic mass is 9.91. The normalized spacial score (nSPS) is 19.8. The second-order valence-electron chi connectivity index (χ2n) is 7.13. The number of ether oxygens (including phenoxy) is 2. The molecular weight excluding hydrogens is 495 g/mol. The minimum atomic E-state index is -0.102. The molecule has 0 saturated heterocycles. The van der Waals surface area contributed by atoms with E-state index < -0.39 is 0 Å². The highest BCUT2D eigenvalue weighted by Crippen LogP contribution is 2.32. The minimum Gasteiger partial charge on any atom is -0.486 e. The molecule has 30 heavy (non-hydrogen) atoms. The van der Waals surface area contributed by atoms with Crippen molar-refractivity contribution < 1.29 is 14.3 Å². The summed E-state index contributed by atoms with van der Waals surface area (Å²) >= 11 is 0. The Morgan fingerprint density at radius 2 is 1.90 bits per heavy atom. The van der Waals surface area contributed by atoms with Crippen LogP contribution >= 0.6 is 24.0 Å². The van der Waals surface area contributed by atoms with Gasteiger partial charge in [0.25, 0.3) is 0 Å². The standard InChI is InChI=1S/C22H26N4O3.HI/c1-2-23-22(25-13-16-14-28-19-9-5-6-10-20(19)29-16)24-12-15-11-21(27)26-18-8-4-3-7-17(15)18;/h3-10,15-16H,2,11-14H2,1H3,(H,26,27)(H2,23,24,25);1H. The van der Waals surface area contributed by atoms with E-state index >= 15 is 0 Å². The van der Waals surface area contributed by atoms with Crippen LogP contribution < -0.4 is 25.4 Å². The van der Waals surface area contributed by atoms with Gasteiger partial charge in [0, 0.05) is 24.6 Å². The molecule has 7 nitrogen and oxygen atoms in total. The van der Waals surface area contributed by atoms with Crippen molar-refractivity contribution in [1.29, 1.82) is 0 Å². The van der Waals surface area contributed by atoms with Gasteiger partial charge in [-0.3, -0.25) is 9.79 Å². The predicted molar refractivity (Wildman–Crippen MR) is 128 cm³/mol. The van der Waals surface area contributed by atoms with Crippen LogP contribution in [0.2, 0.25) is 0 Å². The van der Waals surface area contributed by atoms with Crippen molar-refractivity contribution in [3.05, 3.63) is 54.1 Å². The molecule has 0 aliphatic carbocycles. The summed E-state index contributed by atoms with van der Waals surface area (Å²) in [6.07, 6.45) is 0.339. The van der Waals surface area contributed by atoms with Crippen molar-refractivity contribution >= 4 is 41.5 Å². The molecule has 2 heterocycles. The fraction of sp³-hybridized carbons (Fsp3) is 0.364. The molecule has 2 aromatic carbocycles. The number of hydrogen-bond donors (Lipinski definition) is 3. The topological polar surface area (TPSA) is 84.0 Å². The van der Waals surface area contributed by atoms with Crippen molar-refractivity contribution in [2.24, 2.45) is 4.99 Å². The Kier molecular flexibility index (Phi) is 7.78. The van der Waals surface area contributed by atoms with Gasteiger partial charge in [0.05, 0.1) is 13.1 Å². The van der Waals surface area contributed by atoms with Crippen LogP contribution in [-0.4, -0.2) is 44.2 Å². The maximum Gasteiger partial charge on any atom is 0.225 e. The van der Waals surface area contributed by atoms with Crippen molar-refractivity contribution in [2.45, 2.75) is 25.4 Å². The molecule has 0 aromatic heterocycles. The van der Waals surface area contributed by atoms with Crippen LogP contribution in [0, 0.1) is 0 Å². The van der Waals surface area contributed by atoms with Gasteiger partial charge in [0.2, 0.25) is 5.91 Å². The number of guanidine groups is 1. The van der Waals surface area contributed by atoms with Crippen LogP contribution in [0.1, 0.15) is 24.8 Å². The van der Waals surface area contributed by atoms with E-state index in [1.807, 2.05) is 49.4 Å². The first-order valence-electron chi connectivity index (χ1n) is 10.0. The molecule has 0 spiro atoms. The number of aliphatic imine (C=N–C) groups is 1. The largest absolute Gasteiger partial charge is 0.486 e. The molecule has 2 aliphatic rings. The van der Waals surface area contributed by atoms with Crippen LogP contribution in [0.3, 0.4) is 0 Å². The number of nitrogens with zero attached hydrogens (tertiary/aromatic N) is 1. The van der Waals surface area contributed by atoms with Crippen molar-refractivity contribution in [2.75, 3.05) is 31.6 Å². The maximum absolute atomic E-state index is 12.0. The number of para-hydroxylation sites is 3. The Hall–Kier alpha value is -2.49. The Balaban J connectivity index is 0.00000256. The number of anilines is 1. The van der Waals surface area contributed by atoms with E-state index in [-0.39, 0.29) is 41.9 Å². The third kappa shape index (κ3) is 5.35. The minimum absolute atomic E-state index is 0. The number of hydrogen-bond acceptors (Lipinski definition) is 4. The van der Waals surface area contributed by atoms with Gasteiger partial charge in [-0.05, 0) is 30.7 Å². The fourth-order valence-corrected chi connectivity index (χ4v) is 3.58. The quantitative estimate of drug-likeness (QED) is 0.320. The average molecular weight is 522 g/mol. The van der Waals surface area contributed by atoms with Crippen molar-refractivity contribution in [3.63, 3.8) is 0 Å². The van der Waals surface area contributed by atoms with E-state index in [4.69, 9.17) is 14.5 Å². The third-order valence-electron chi connectivity index (χ3n) is 4.99. The van der Waals surface area contributed by atoms with Crippen molar-refractivity contribution in [3.8, 4) is 11.5 Å². The molecule has 2 unspecified atom stereocenters. The Morgan fingerprint density at radius 1 is 1.13 bits per heavy atom. The van der Waals surface area contributed by atoms with Crippen LogP contribution in [-0.2, 0) is 4.79 Å². The lowest BCUT2D eigenvalue weighted by Gasteiger charge is -2.27. The summed E-state index contributed by atoms with van der Waals surface area (Å²) in [5.41, 5.74) is 2.01. The summed E-state index contributed by atoms with van der Waals surface area (Å²) in [6.45, 7) is 4.36. The van der Waals surface area contributed by atoms with Gasteiger partial charge in [-0.15, -0.1) is 24.0 Å². The molecule has 4 rings (SSSR count). The van der Waals surface area contributed by atoms with E-state index in [9.17, 15) is 4.79 Å². The third-order valence-corrected chi connectivity index (χ3v) is 4.99. The number of rotatable bonds is 5.